The van der Waals surface area contributed by atoms with Gasteiger partial charge in [0.15, 0.2) is 0 Å². The van der Waals surface area contributed by atoms with Crippen molar-refractivity contribution < 1.29 is 5.11 Å². The summed E-state index contributed by atoms with van der Waals surface area (Å²) in [6.45, 7) is 6.86. The summed E-state index contributed by atoms with van der Waals surface area (Å²) in [5.74, 6) is 0. The van der Waals surface area contributed by atoms with Gasteiger partial charge in [-0.25, -0.2) is 0 Å². The minimum Gasteiger partial charge on any atom is -0.396 e. The highest BCUT2D eigenvalue weighted by Gasteiger charge is 2.00. The van der Waals surface area contributed by atoms with Crippen LogP contribution in [0.4, 0.5) is 0 Å². The zero-order valence-corrected chi connectivity index (χ0v) is 8.69. The van der Waals surface area contributed by atoms with Crippen LogP contribution in [0, 0.1) is 0 Å². The van der Waals surface area contributed by atoms with E-state index in [0.717, 1.165) is 6.42 Å². The Kier molecular flexibility index (Phi) is 7.17. The average molecular weight is 170 g/mol. The molecule has 0 amide bonds. The van der Waals surface area contributed by atoms with Gasteiger partial charge in [-0.15, -0.1) is 0 Å². The van der Waals surface area contributed by atoms with Gasteiger partial charge < -0.3 is 5.11 Å². The molecule has 0 spiro atoms. The van der Waals surface area contributed by atoms with Gasteiger partial charge in [0.2, 0.25) is 0 Å². The highest BCUT2D eigenvalue weighted by atomic mass is 16.2. The molecule has 0 saturated heterocycles. The van der Waals surface area contributed by atoms with Crippen LogP contribution >= 0.6 is 0 Å². The van der Waals surface area contributed by atoms with E-state index < -0.39 is 0 Å². The molecule has 0 aromatic carbocycles. The van der Waals surface area contributed by atoms with Gasteiger partial charge in [0.25, 0.3) is 0 Å². The Morgan fingerprint density at radius 2 is 1.50 bits per heavy atom. The van der Waals surface area contributed by atoms with E-state index in [1.54, 1.807) is 5.57 Å². The van der Waals surface area contributed by atoms with Crippen LogP contribution in [-0.4, -0.2) is 11.7 Å². The second-order valence-electron chi connectivity index (χ2n) is 3.36. The molecule has 0 aliphatic carbocycles. The Bertz CT molecular complexity index is 128. The quantitative estimate of drug-likeness (QED) is 0.606. The first kappa shape index (κ1) is 11.7. The first-order valence-electron chi connectivity index (χ1n) is 5.04. The fraction of sp³-hybridized carbons (Fsp3) is 0.818. The van der Waals surface area contributed by atoms with Crippen LogP contribution in [0.15, 0.2) is 11.1 Å². The minimum absolute atomic E-state index is 0.294. The topological polar surface area (TPSA) is 20.2 Å². The van der Waals surface area contributed by atoms with Gasteiger partial charge >= 0.3 is 0 Å². The molecule has 0 saturated carbocycles. The molecule has 0 aliphatic heterocycles. The molecule has 1 nitrogen and oxygen atoms in total. The number of aliphatic hydroxyl groups excluding tert-OH is 1. The lowest BCUT2D eigenvalue weighted by Gasteiger charge is -2.09. The van der Waals surface area contributed by atoms with E-state index >= 15 is 0 Å². The smallest absolute Gasteiger partial charge is 0.0468 e. The first-order chi connectivity index (χ1) is 5.76. The maximum atomic E-state index is 8.79. The van der Waals surface area contributed by atoms with Gasteiger partial charge in [-0.3, -0.25) is 0 Å². The molecule has 0 unspecified atom stereocenters. The number of aliphatic hydroxyl groups is 1. The van der Waals surface area contributed by atoms with Gasteiger partial charge in [0.05, 0.1) is 0 Å². The van der Waals surface area contributed by atoms with Crippen LogP contribution < -0.4 is 0 Å². The van der Waals surface area contributed by atoms with E-state index in [0.29, 0.717) is 6.61 Å². The molecule has 0 heterocycles. The summed E-state index contributed by atoms with van der Waals surface area (Å²) in [6, 6.07) is 0. The summed E-state index contributed by atoms with van der Waals surface area (Å²) in [6.07, 6.45) is 5.71. The van der Waals surface area contributed by atoms with Gasteiger partial charge in [-0.1, -0.05) is 37.8 Å². The van der Waals surface area contributed by atoms with Crippen molar-refractivity contribution in [2.24, 2.45) is 0 Å². The van der Waals surface area contributed by atoms with Crippen molar-refractivity contribution in [2.45, 2.75) is 52.9 Å². The molecule has 0 bridgehead atoms. The molecule has 0 aromatic heterocycles. The molecule has 0 aliphatic rings. The third-order valence-electron chi connectivity index (χ3n) is 2.19. The lowest BCUT2D eigenvalue weighted by atomic mass is 9.98. The molecule has 0 radical (unpaired) electrons. The summed E-state index contributed by atoms with van der Waals surface area (Å²) in [5, 5.41) is 8.79. The predicted molar refractivity (Wildman–Crippen MR) is 54.2 cm³/mol. The van der Waals surface area contributed by atoms with Gasteiger partial charge in [0.1, 0.15) is 0 Å². The number of rotatable bonds is 6. The van der Waals surface area contributed by atoms with Crippen molar-refractivity contribution in [2.75, 3.05) is 6.61 Å². The SMILES string of the molecule is CCCC(CCC)=C(C)CCO. The third-order valence-corrected chi connectivity index (χ3v) is 2.19. The Labute approximate surface area is 76.5 Å². The van der Waals surface area contributed by atoms with Crippen LogP contribution in [-0.2, 0) is 0 Å². The first-order valence-corrected chi connectivity index (χ1v) is 5.04. The number of hydrogen-bond acceptors (Lipinski definition) is 1. The van der Waals surface area contributed by atoms with Crippen LogP contribution in [0.25, 0.3) is 0 Å². The van der Waals surface area contributed by atoms with Crippen LogP contribution in [0.3, 0.4) is 0 Å². The molecule has 1 N–H and O–H groups in total. The standard InChI is InChI=1S/C11H22O/c1-4-6-11(7-5-2)10(3)8-9-12/h12H,4-9H2,1-3H3. The molecule has 0 aromatic rings. The largest absolute Gasteiger partial charge is 0.396 e. The van der Waals surface area contributed by atoms with Crippen molar-refractivity contribution in [3.63, 3.8) is 0 Å². The van der Waals surface area contributed by atoms with Crippen LogP contribution in [0.2, 0.25) is 0 Å². The zero-order chi connectivity index (χ0) is 9.40. The van der Waals surface area contributed by atoms with Gasteiger partial charge in [-0.05, 0) is 26.2 Å². The van der Waals surface area contributed by atoms with E-state index in [9.17, 15) is 0 Å². The molecular formula is C11H22O. The van der Waals surface area contributed by atoms with Crippen molar-refractivity contribution in [1.82, 2.24) is 0 Å². The summed E-state index contributed by atoms with van der Waals surface area (Å²) in [4.78, 5) is 0. The van der Waals surface area contributed by atoms with Gasteiger partial charge in [-0.2, -0.15) is 0 Å². The molecule has 0 rings (SSSR count). The van der Waals surface area contributed by atoms with E-state index in [1.807, 2.05) is 0 Å². The van der Waals surface area contributed by atoms with E-state index in [1.165, 1.54) is 31.3 Å². The van der Waals surface area contributed by atoms with E-state index in [4.69, 9.17) is 5.11 Å². The van der Waals surface area contributed by atoms with Crippen molar-refractivity contribution in [3.8, 4) is 0 Å². The highest BCUT2D eigenvalue weighted by Crippen LogP contribution is 2.18. The minimum atomic E-state index is 0.294. The molecule has 12 heavy (non-hydrogen) atoms. The fourth-order valence-electron chi connectivity index (χ4n) is 1.50. The average Bonchev–Trinajstić information content (AvgIpc) is 2.04. The Balaban J connectivity index is 4.11. The molecular weight excluding hydrogens is 148 g/mol. The maximum absolute atomic E-state index is 8.79. The second-order valence-corrected chi connectivity index (χ2v) is 3.36. The summed E-state index contributed by atoms with van der Waals surface area (Å²) >= 11 is 0. The van der Waals surface area contributed by atoms with Crippen molar-refractivity contribution in [3.05, 3.63) is 11.1 Å². The summed E-state index contributed by atoms with van der Waals surface area (Å²) in [5.41, 5.74) is 2.97. The van der Waals surface area contributed by atoms with Crippen molar-refractivity contribution >= 4 is 0 Å². The van der Waals surface area contributed by atoms with Crippen LogP contribution in [0.5, 0.6) is 0 Å². The lowest BCUT2D eigenvalue weighted by Crippen LogP contribution is -1.92. The molecule has 0 atom stereocenters. The normalized spacial score (nSPS) is 10.0. The summed E-state index contributed by atoms with van der Waals surface area (Å²) < 4.78 is 0. The third kappa shape index (κ3) is 4.55. The molecule has 0 fully saturated rings. The Morgan fingerprint density at radius 3 is 1.83 bits per heavy atom. The monoisotopic (exact) mass is 170 g/mol. The molecule has 1 heteroatoms. The highest BCUT2D eigenvalue weighted by molar-refractivity contribution is 5.11. The summed E-state index contributed by atoms with van der Waals surface area (Å²) in [7, 11) is 0. The maximum Gasteiger partial charge on any atom is 0.0468 e. The van der Waals surface area contributed by atoms with Crippen molar-refractivity contribution in [1.29, 1.82) is 0 Å². The van der Waals surface area contributed by atoms with Gasteiger partial charge in [0, 0.05) is 6.61 Å². The molecule has 72 valence electrons. The zero-order valence-electron chi connectivity index (χ0n) is 8.69. The Hall–Kier alpha value is -0.300. The fourth-order valence-corrected chi connectivity index (χ4v) is 1.50. The van der Waals surface area contributed by atoms with Crippen LogP contribution in [0.1, 0.15) is 52.9 Å². The second kappa shape index (κ2) is 7.35. The number of allylic oxidation sites excluding steroid dienone is 1. The lowest BCUT2D eigenvalue weighted by molar-refractivity contribution is 0.298. The van der Waals surface area contributed by atoms with E-state index in [2.05, 4.69) is 20.8 Å². The Morgan fingerprint density at radius 1 is 1.00 bits per heavy atom. The van der Waals surface area contributed by atoms with E-state index in [-0.39, 0.29) is 0 Å². The predicted octanol–water partition coefficient (Wildman–Crippen LogP) is 3.29. The number of hydrogen-bond donors (Lipinski definition) is 1.